The van der Waals surface area contributed by atoms with E-state index in [9.17, 15) is 0 Å². The normalized spacial score (nSPS) is 11.4. The fourth-order valence-corrected chi connectivity index (χ4v) is 2.43. The number of ether oxygens (including phenoxy) is 1. The van der Waals surface area contributed by atoms with Gasteiger partial charge in [0.25, 0.3) is 0 Å². The van der Waals surface area contributed by atoms with Crippen LogP contribution in [-0.4, -0.2) is 10.2 Å². The second-order valence-corrected chi connectivity index (χ2v) is 6.75. The third kappa shape index (κ3) is 3.46. The molecule has 0 bridgehead atoms. The summed E-state index contributed by atoms with van der Waals surface area (Å²) in [7, 11) is 0. The van der Waals surface area contributed by atoms with Gasteiger partial charge in [-0.15, -0.1) is 10.2 Å². The molecule has 2 aromatic rings. The number of hydrogen-bond acceptors (Lipinski definition) is 6. The summed E-state index contributed by atoms with van der Waals surface area (Å²) in [6.07, 6.45) is 0. The fraction of sp³-hybridized carbons (Fsp3) is 0.429. The molecular weight excluding hydrogens is 272 g/mol. The Balaban J connectivity index is 2.17. The molecule has 1 aromatic heterocycles. The van der Waals surface area contributed by atoms with Gasteiger partial charge in [-0.3, -0.25) is 5.43 Å². The van der Waals surface area contributed by atoms with Crippen molar-refractivity contribution in [1.82, 2.24) is 10.2 Å². The van der Waals surface area contributed by atoms with Crippen molar-refractivity contribution in [2.24, 2.45) is 5.84 Å². The highest BCUT2D eigenvalue weighted by Gasteiger charge is 2.19. The SMILES string of the molecule is Cc1ccc(OCc2nnc(NN)s2)c(C(C)(C)C)c1. The van der Waals surface area contributed by atoms with Crippen LogP contribution in [0, 0.1) is 6.92 Å². The molecule has 0 amide bonds. The summed E-state index contributed by atoms with van der Waals surface area (Å²) >= 11 is 1.39. The summed E-state index contributed by atoms with van der Waals surface area (Å²) in [6, 6.07) is 6.24. The summed E-state index contributed by atoms with van der Waals surface area (Å²) in [5.74, 6) is 6.17. The molecule has 0 saturated carbocycles. The van der Waals surface area contributed by atoms with Gasteiger partial charge in [0.1, 0.15) is 12.4 Å². The standard InChI is InChI=1S/C14H20N4OS/c1-9-5-6-11(10(7-9)14(2,3)4)19-8-12-17-18-13(16-15)20-12/h5-7H,8,15H2,1-4H3,(H,16,18). The predicted molar refractivity (Wildman–Crippen MR) is 81.9 cm³/mol. The van der Waals surface area contributed by atoms with E-state index in [-0.39, 0.29) is 5.41 Å². The maximum atomic E-state index is 5.90. The van der Waals surface area contributed by atoms with Crippen molar-refractivity contribution in [3.63, 3.8) is 0 Å². The van der Waals surface area contributed by atoms with Gasteiger partial charge in [0, 0.05) is 0 Å². The minimum atomic E-state index is 0.0342. The van der Waals surface area contributed by atoms with Gasteiger partial charge in [0.15, 0.2) is 5.01 Å². The van der Waals surface area contributed by atoms with Crippen molar-refractivity contribution < 1.29 is 4.74 Å². The number of aryl methyl sites for hydroxylation is 1. The number of hydrazine groups is 1. The summed E-state index contributed by atoms with van der Waals surface area (Å²) in [6.45, 7) is 9.01. The molecule has 1 heterocycles. The summed E-state index contributed by atoms with van der Waals surface area (Å²) in [4.78, 5) is 0. The molecule has 0 spiro atoms. The predicted octanol–water partition coefficient (Wildman–Crippen LogP) is 3.01. The number of benzene rings is 1. The summed E-state index contributed by atoms with van der Waals surface area (Å²) in [5.41, 5.74) is 4.94. The Morgan fingerprint density at radius 1 is 1.30 bits per heavy atom. The minimum Gasteiger partial charge on any atom is -0.486 e. The highest BCUT2D eigenvalue weighted by Crippen LogP contribution is 2.32. The third-order valence-corrected chi connectivity index (χ3v) is 3.71. The van der Waals surface area contributed by atoms with E-state index in [4.69, 9.17) is 10.6 Å². The molecular formula is C14H20N4OS. The first kappa shape index (κ1) is 14.7. The number of aromatic nitrogens is 2. The number of nitrogens with two attached hydrogens (primary N) is 1. The lowest BCUT2D eigenvalue weighted by Crippen LogP contribution is -2.13. The molecule has 3 N–H and O–H groups in total. The van der Waals surface area contributed by atoms with Crippen LogP contribution in [0.25, 0.3) is 0 Å². The molecule has 0 atom stereocenters. The molecule has 0 aliphatic heterocycles. The molecule has 20 heavy (non-hydrogen) atoms. The van der Waals surface area contributed by atoms with E-state index in [1.165, 1.54) is 22.5 Å². The molecule has 0 fully saturated rings. The van der Waals surface area contributed by atoms with Gasteiger partial charge in [-0.05, 0) is 24.0 Å². The van der Waals surface area contributed by atoms with Gasteiger partial charge in [-0.25, -0.2) is 5.84 Å². The average Bonchev–Trinajstić information content (AvgIpc) is 2.84. The van der Waals surface area contributed by atoms with Gasteiger partial charge in [-0.2, -0.15) is 0 Å². The Hall–Kier alpha value is -1.66. The van der Waals surface area contributed by atoms with E-state index < -0.39 is 0 Å². The number of nitrogen functional groups attached to an aromatic ring is 1. The highest BCUT2D eigenvalue weighted by atomic mass is 32.1. The molecule has 2 rings (SSSR count). The largest absolute Gasteiger partial charge is 0.486 e. The lowest BCUT2D eigenvalue weighted by molar-refractivity contribution is 0.296. The zero-order chi connectivity index (χ0) is 14.8. The van der Waals surface area contributed by atoms with Crippen LogP contribution in [0.1, 0.15) is 36.9 Å². The lowest BCUT2D eigenvalue weighted by Gasteiger charge is -2.23. The van der Waals surface area contributed by atoms with E-state index in [0.717, 1.165) is 10.8 Å². The van der Waals surface area contributed by atoms with E-state index in [1.807, 2.05) is 6.07 Å². The topological polar surface area (TPSA) is 73.1 Å². The number of rotatable bonds is 4. The van der Waals surface area contributed by atoms with Crippen LogP contribution in [-0.2, 0) is 12.0 Å². The molecule has 1 aromatic carbocycles. The summed E-state index contributed by atoms with van der Waals surface area (Å²) in [5, 5.41) is 9.27. The number of anilines is 1. The van der Waals surface area contributed by atoms with Crippen molar-refractivity contribution in [1.29, 1.82) is 0 Å². The zero-order valence-electron chi connectivity index (χ0n) is 12.2. The van der Waals surface area contributed by atoms with Crippen LogP contribution in [0.4, 0.5) is 5.13 Å². The Bertz CT molecular complexity index is 589. The first-order valence-electron chi connectivity index (χ1n) is 6.43. The molecule has 0 aliphatic rings. The van der Waals surface area contributed by atoms with Crippen molar-refractivity contribution in [3.05, 3.63) is 34.3 Å². The molecule has 0 saturated heterocycles. The second kappa shape index (κ2) is 5.76. The average molecular weight is 292 g/mol. The van der Waals surface area contributed by atoms with Crippen LogP contribution in [0.15, 0.2) is 18.2 Å². The fourth-order valence-electron chi connectivity index (χ4n) is 1.87. The second-order valence-electron chi connectivity index (χ2n) is 5.68. The molecule has 108 valence electrons. The molecule has 0 radical (unpaired) electrons. The number of hydrogen-bond donors (Lipinski definition) is 2. The van der Waals surface area contributed by atoms with Crippen molar-refractivity contribution >= 4 is 16.5 Å². The van der Waals surface area contributed by atoms with Gasteiger partial charge in [0.05, 0.1) is 0 Å². The van der Waals surface area contributed by atoms with Crippen molar-refractivity contribution in [3.8, 4) is 5.75 Å². The Morgan fingerprint density at radius 3 is 2.65 bits per heavy atom. The monoisotopic (exact) mass is 292 g/mol. The van der Waals surface area contributed by atoms with Crippen molar-refractivity contribution in [2.45, 2.75) is 39.7 Å². The Labute approximate surface area is 123 Å². The summed E-state index contributed by atoms with van der Waals surface area (Å²) < 4.78 is 5.90. The van der Waals surface area contributed by atoms with E-state index in [1.54, 1.807) is 0 Å². The zero-order valence-corrected chi connectivity index (χ0v) is 13.0. The first-order valence-corrected chi connectivity index (χ1v) is 7.25. The number of nitrogens with one attached hydrogen (secondary N) is 1. The van der Waals surface area contributed by atoms with E-state index in [0.29, 0.717) is 11.7 Å². The van der Waals surface area contributed by atoms with Crippen molar-refractivity contribution in [2.75, 3.05) is 5.43 Å². The smallest absolute Gasteiger partial charge is 0.219 e. The van der Waals surface area contributed by atoms with Gasteiger partial charge in [-0.1, -0.05) is 49.8 Å². The van der Waals surface area contributed by atoms with Crippen LogP contribution in [0.3, 0.4) is 0 Å². The highest BCUT2D eigenvalue weighted by molar-refractivity contribution is 7.15. The molecule has 0 aliphatic carbocycles. The molecule has 5 nitrogen and oxygen atoms in total. The quantitative estimate of drug-likeness (QED) is 0.669. The Kier molecular flexibility index (Phi) is 4.25. The first-order chi connectivity index (χ1) is 9.40. The van der Waals surface area contributed by atoms with E-state index in [2.05, 4.69) is 55.5 Å². The number of nitrogens with zero attached hydrogens (tertiary/aromatic N) is 2. The third-order valence-electron chi connectivity index (χ3n) is 2.88. The lowest BCUT2D eigenvalue weighted by atomic mass is 9.85. The van der Waals surface area contributed by atoms with Gasteiger partial charge < -0.3 is 4.74 Å². The maximum absolute atomic E-state index is 5.90. The van der Waals surface area contributed by atoms with Crippen LogP contribution < -0.4 is 16.0 Å². The minimum absolute atomic E-state index is 0.0342. The Morgan fingerprint density at radius 2 is 2.05 bits per heavy atom. The molecule has 0 unspecified atom stereocenters. The molecule has 6 heteroatoms. The van der Waals surface area contributed by atoms with Gasteiger partial charge >= 0.3 is 0 Å². The van der Waals surface area contributed by atoms with Crippen LogP contribution >= 0.6 is 11.3 Å². The maximum Gasteiger partial charge on any atom is 0.219 e. The van der Waals surface area contributed by atoms with Crippen LogP contribution in [0.2, 0.25) is 0 Å². The van der Waals surface area contributed by atoms with Gasteiger partial charge in [0.2, 0.25) is 5.13 Å². The van der Waals surface area contributed by atoms with Crippen LogP contribution in [0.5, 0.6) is 5.75 Å². The van der Waals surface area contributed by atoms with E-state index >= 15 is 0 Å².